The standard InChI is InChI=1S/C12H13ClN2/c1-15-6-10(9-5-11(9)14)8-3-2-7(13)4-12(8)15/h2-4,6,9,11H,5,14H2,1H3/t9-,11+/m0/s1. The molecule has 78 valence electrons. The number of hydrogen-bond donors (Lipinski definition) is 1. The lowest BCUT2D eigenvalue weighted by atomic mass is 10.1. The summed E-state index contributed by atoms with van der Waals surface area (Å²) in [5.41, 5.74) is 8.46. The van der Waals surface area contributed by atoms with Gasteiger partial charge in [0.05, 0.1) is 0 Å². The molecule has 0 aliphatic heterocycles. The van der Waals surface area contributed by atoms with E-state index < -0.39 is 0 Å². The first-order valence-corrected chi connectivity index (χ1v) is 5.54. The highest BCUT2D eigenvalue weighted by molar-refractivity contribution is 6.31. The van der Waals surface area contributed by atoms with Crippen molar-refractivity contribution < 1.29 is 0 Å². The third kappa shape index (κ3) is 1.36. The first kappa shape index (κ1) is 9.25. The van der Waals surface area contributed by atoms with Crippen LogP contribution >= 0.6 is 11.6 Å². The molecule has 1 aromatic heterocycles. The predicted molar refractivity (Wildman–Crippen MR) is 63.3 cm³/mol. The van der Waals surface area contributed by atoms with Crippen LogP contribution in [0.1, 0.15) is 17.9 Å². The van der Waals surface area contributed by atoms with Gasteiger partial charge in [0.1, 0.15) is 0 Å². The molecule has 3 rings (SSSR count). The summed E-state index contributed by atoms with van der Waals surface area (Å²) in [6, 6.07) is 6.40. The van der Waals surface area contributed by atoms with E-state index in [9.17, 15) is 0 Å². The lowest BCUT2D eigenvalue weighted by Crippen LogP contribution is -2.00. The van der Waals surface area contributed by atoms with Crippen LogP contribution in [0.15, 0.2) is 24.4 Å². The molecule has 0 amide bonds. The Morgan fingerprint density at radius 1 is 1.47 bits per heavy atom. The molecule has 1 heterocycles. The van der Waals surface area contributed by atoms with Gasteiger partial charge in [-0.3, -0.25) is 0 Å². The summed E-state index contributed by atoms with van der Waals surface area (Å²) in [6.45, 7) is 0. The molecule has 1 aliphatic carbocycles. The van der Waals surface area contributed by atoms with Gasteiger partial charge < -0.3 is 10.3 Å². The monoisotopic (exact) mass is 220 g/mol. The number of aryl methyl sites for hydroxylation is 1. The second-order valence-corrected chi connectivity index (χ2v) is 4.80. The molecule has 3 heteroatoms. The Morgan fingerprint density at radius 3 is 2.87 bits per heavy atom. The van der Waals surface area contributed by atoms with Crippen LogP contribution in [0.3, 0.4) is 0 Å². The zero-order valence-corrected chi connectivity index (χ0v) is 9.33. The largest absolute Gasteiger partial charge is 0.350 e. The number of halogens is 1. The van der Waals surface area contributed by atoms with Crippen molar-refractivity contribution in [2.45, 2.75) is 18.4 Å². The highest BCUT2D eigenvalue weighted by Crippen LogP contribution is 2.43. The van der Waals surface area contributed by atoms with Crippen LogP contribution in [-0.4, -0.2) is 10.6 Å². The smallest absolute Gasteiger partial charge is 0.0495 e. The lowest BCUT2D eigenvalue weighted by molar-refractivity contribution is 0.938. The van der Waals surface area contributed by atoms with Crippen LogP contribution in [0.5, 0.6) is 0 Å². The number of nitrogens with two attached hydrogens (primary N) is 1. The van der Waals surface area contributed by atoms with Gasteiger partial charge in [-0.25, -0.2) is 0 Å². The van der Waals surface area contributed by atoms with Crippen LogP contribution in [0.25, 0.3) is 10.9 Å². The molecule has 2 atom stereocenters. The topological polar surface area (TPSA) is 30.9 Å². The third-order valence-electron chi connectivity index (χ3n) is 3.22. The first-order valence-electron chi connectivity index (χ1n) is 5.17. The number of rotatable bonds is 1. The van der Waals surface area contributed by atoms with Crippen LogP contribution in [-0.2, 0) is 7.05 Å². The molecule has 2 N–H and O–H groups in total. The Balaban J connectivity index is 2.24. The Labute approximate surface area is 93.6 Å². The van der Waals surface area contributed by atoms with Gasteiger partial charge in [0.25, 0.3) is 0 Å². The zero-order chi connectivity index (χ0) is 10.6. The second-order valence-electron chi connectivity index (χ2n) is 4.36. The van der Waals surface area contributed by atoms with Crippen LogP contribution in [0.4, 0.5) is 0 Å². The maximum absolute atomic E-state index is 5.99. The van der Waals surface area contributed by atoms with E-state index >= 15 is 0 Å². The van der Waals surface area contributed by atoms with Gasteiger partial charge in [-0.2, -0.15) is 0 Å². The second kappa shape index (κ2) is 3.00. The van der Waals surface area contributed by atoms with Gasteiger partial charge in [0, 0.05) is 41.1 Å². The maximum Gasteiger partial charge on any atom is 0.0495 e. The number of hydrogen-bond acceptors (Lipinski definition) is 1. The molecule has 2 aromatic rings. The zero-order valence-electron chi connectivity index (χ0n) is 8.57. The summed E-state index contributed by atoms with van der Waals surface area (Å²) < 4.78 is 2.13. The molecular weight excluding hydrogens is 208 g/mol. The van der Waals surface area contributed by atoms with E-state index in [0.29, 0.717) is 12.0 Å². The molecule has 15 heavy (non-hydrogen) atoms. The number of nitrogens with zero attached hydrogens (tertiary/aromatic N) is 1. The molecule has 0 spiro atoms. The van der Waals surface area contributed by atoms with Gasteiger partial charge in [0.15, 0.2) is 0 Å². The van der Waals surface area contributed by atoms with Crippen LogP contribution < -0.4 is 5.73 Å². The van der Waals surface area contributed by atoms with Gasteiger partial charge in [0.2, 0.25) is 0 Å². The van der Waals surface area contributed by atoms with Crippen molar-refractivity contribution in [1.82, 2.24) is 4.57 Å². The highest BCUT2D eigenvalue weighted by Gasteiger charge is 2.36. The van der Waals surface area contributed by atoms with Crippen LogP contribution in [0, 0.1) is 0 Å². The molecule has 0 bridgehead atoms. The van der Waals surface area contributed by atoms with Gasteiger partial charge in [-0.15, -0.1) is 0 Å². The summed E-state index contributed by atoms with van der Waals surface area (Å²) in [5, 5.41) is 2.08. The summed E-state index contributed by atoms with van der Waals surface area (Å²) in [6.07, 6.45) is 3.29. The number of aromatic nitrogens is 1. The lowest BCUT2D eigenvalue weighted by Gasteiger charge is -1.97. The van der Waals surface area contributed by atoms with Crippen molar-refractivity contribution in [2.75, 3.05) is 0 Å². The van der Waals surface area contributed by atoms with Crippen molar-refractivity contribution in [3.05, 3.63) is 35.0 Å². The fourth-order valence-corrected chi connectivity index (χ4v) is 2.42. The molecule has 1 aliphatic rings. The van der Waals surface area contributed by atoms with E-state index in [1.807, 2.05) is 12.1 Å². The number of benzene rings is 1. The Kier molecular flexibility index (Phi) is 1.85. The molecule has 1 aromatic carbocycles. The van der Waals surface area contributed by atoms with Gasteiger partial charge in [-0.1, -0.05) is 17.7 Å². The van der Waals surface area contributed by atoms with Crippen molar-refractivity contribution >= 4 is 22.5 Å². The van der Waals surface area contributed by atoms with E-state index in [1.165, 1.54) is 16.5 Å². The molecule has 2 nitrogen and oxygen atoms in total. The summed E-state index contributed by atoms with van der Waals surface area (Å²) in [5.74, 6) is 0.551. The summed E-state index contributed by atoms with van der Waals surface area (Å²) in [7, 11) is 2.05. The van der Waals surface area contributed by atoms with Crippen LogP contribution in [0.2, 0.25) is 5.02 Å². The Hall–Kier alpha value is -0.990. The minimum Gasteiger partial charge on any atom is -0.350 e. The molecule has 1 fully saturated rings. The highest BCUT2D eigenvalue weighted by atomic mass is 35.5. The minimum atomic E-state index is 0.353. The summed E-state index contributed by atoms with van der Waals surface area (Å²) in [4.78, 5) is 0. The van der Waals surface area contributed by atoms with Crippen molar-refractivity contribution in [3.8, 4) is 0 Å². The Bertz CT molecular complexity index is 530. The van der Waals surface area contributed by atoms with Gasteiger partial charge >= 0.3 is 0 Å². The third-order valence-corrected chi connectivity index (χ3v) is 3.46. The molecule has 0 unspecified atom stereocenters. The fraction of sp³-hybridized carbons (Fsp3) is 0.333. The predicted octanol–water partition coefficient (Wildman–Crippen LogP) is 2.65. The molecule has 0 radical (unpaired) electrons. The van der Waals surface area contributed by atoms with Crippen molar-refractivity contribution in [2.24, 2.45) is 12.8 Å². The molecular formula is C12H13ClN2. The first-order chi connectivity index (χ1) is 7.16. The van der Waals surface area contributed by atoms with E-state index in [-0.39, 0.29) is 0 Å². The molecule has 0 saturated heterocycles. The SMILES string of the molecule is Cn1cc([C@@H]2C[C@H]2N)c2ccc(Cl)cc21. The van der Waals surface area contributed by atoms with Crippen molar-refractivity contribution in [3.63, 3.8) is 0 Å². The maximum atomic E-state index is 5.99. The van der Waals surface area contributed by atoms with Crippen molar-refractivity contribution in [1.29, 1.82) is 0 Å². The Morgan fingerprint density at radius 2 is 2.20 bits per heavy atom. The fourth-order valence-electron chi connectivity index (χ4n) is 2.26. The normalized spacial score (nSPS) is 24.7. The van der Waals surface area contributed by atoms with Gasteiger partial charge in [-0.05, 0) is 24.1 Å². The van der Waals surface area contributed by atoms with E-state index in [4.69, 9.17) is 17.3 Å². The quantitative estimate of drug-likeness (QED) is 0.787. The number of fused-ring (bicyclic) bond motifs is 1. The average Bonchev–Trinajstić information content (AvgIpc) is 2.83. The minimum absolute atomic E-state index is 0.353. The molecule has 1 saturated carbocycles. The summed E-state index contributed by atoms with van der Waals surface area (Å²) >= 11 is 5.99. The van der Waals surface area contributed by atoms with E-state index in [0.717, 1.165) is 11.4 Å². The van der Waals surface area contributed by atoms with E-state index in [2.05, 4.69) is 23.9 Å². The van der Waals surface area contributed by atoms with E-state index in [1.54, 1.807) is 0 Å². The average molecular weight is 221 g/mol.